The largest absolute Gasteiger partial charge is 0.342 e. The average molecular weight is 390 g/mol. The number of hydrogen-bond acceptors (Lipinski definition) is 4. The van der Waals surface area contributed by atoms with Gasteiger partial charge in [-0.15, -0.1) is 0 Å². The van der Waals surface area contributed by atoms with Crippen molar-refractivity contribution in [3.8, 4) is 22.4 Å². The van der Waals surface area contributed by atoms with Crippen LogP contribution in [0.5, 0.6) is 0 Å². The van der Waals surface area contributed by atoms with Crippen LogP contribution in [0, 0.1) is 13.8 Å². The molecular weight excluding hydrogens is 372 g/mol. The Balaban J connectivity index is 1.55. The Hall–Kier alpha value is -4.06. The molecule has 3 aromatic carbocycles. The molecule has 0 atom stereocenters. The van der Waals surface area contributed by atoms with E-state index in [9.17, 15) is 0 Å². The zero-order valence-corrected chi connectivity index (χ0v) is 16.6. The molecule has 0 amide bonds. The lowest BCUT2D eigenvalue weighted by Gasteiger charge is -2.09. The molecular formula is C24H18N6. The highest BCUT2D eigenvalue weighted by Gasteiger charge is 2.13. The van der Waals surface area contributed by atoms with Crippen LogP contribution in [0.25, 0.3) is 55.0 Å². The smallest absolute Gasteiger partial charge is 0.104 e. The lowest BCUT2D eigenvalue weighted by atomic mass is 9.96. The van der Waals surface area contributed by atoms with Crippen LogP contribution in [0.1, 0.15) is 11.6 Å². The fourth-order valence-corrected chi connectivity index (χ4v) is 4.18. The van der Waals surface area contributed by atoms with Gasteiger partial charge in [-0.2, -0.15) is 10.2 Å². The van der Waals surface area contributed by atoms with Crippen LogP contribution in [0.15, 0.2) is 61.1 Å². The highest BCUT2D eigenvalue weighted by atomic mass is 15.1. The third kappa shape index (κ3) is 2.50. The molecule has 0 fully saturated rings. The molecule has 144 valence electrons. The van der Waals surface area contributed by atoms with Gasteiger partial charge in [0.15, 0.2) is 0 Å². The molecule has 0 bridgehead atoms. The molecule has 3 heterocycles. The molecule has 0 spiro atoms. The molecule has 0 aliphatic rings. The van der Waals surface area contributed by atoms with Crippen molar-refractivity contribution >= 4 is 32.6 Å². The maximum Gasteiger partial charge on any atom is 0.104 e. The molecule has 6 nitrogen and oxygen atoms in total. The van der Waals surface area contributed by atoms with Gasteiger partial charge in [-0.1, -0.05) is 36.4 Å². The minimum atomic E-state index is 0.893. The maximum absolute atomic E-state index is 4.68. The summed E-state index contributed by atoms with van der Waals surface area (Å²) in [7, 11) is 0. The van der Waals surface area contributed by atoms with Crippen LogP contribution in [-0.2, 0) is 0 Å². The summed E-state index contributed by atoms with van der Waals surface area (Å²) in [6, 6.07) is 15.1. The van der Waals surface area contributed by atoms with E-state index in [2.05, 4.69) is 72.6 Å². The fourth-order valence-electron chi connectivity index (χ4n) is 4.18. The maximum atomic E-state index is 4.68. The number of rotatable bonds is 2. The highest BCUT2D eigenvalue weighted by molar-refractivity contribution is 6.23. The number of H-pyrrole nitrogens is 2. The Morgan fingerprint density at radius 2 is 1.37 bits per heavy atom. The van der Waals surface area contributed by atoms with Gasteiger partial charge in [0.2, 0.25) is 0 Å². The van der Waals surface area contributed by atoms with E-state index in [0.29, 0.717) is 0 Å². The van der Waals surface area contributed by atoms with Gasteiger partial charge in [-0.05, 0) is 42.0 Å². The van der Waals surface area contributed by atoms with E-state index in [0.717, 1.165) is 66.6 Å². The Morgan fingerprint density at radius 3 is 2.13 bits per heavy atom. The molecule has 6 heteroatoms. The predicted octanol–water partition coefficient (Wildman–Crippen LogP) is 5.33. The topological polar surface area (TPSA) is 83.1 Å². The van der Waals surface area contributed by atoms with E-state index in [1.807, 2.05) is 26.2 Å². The third-order valence-electron chi connectivity index (χ3n) is 5.62. The SMILES string of the molecule is Cc1ncc(-c2ccc(-c3ccc4c(c3)c3cnncc3c3nc(C)[nH]c43)cc2)[nH]1. The number of aromatic nitrogens is 6. The first-order valence-electron chi connectivity index (χ1n) is 9.82. The average Bonchev–Trinajstić information content (AvgIpc) is 3.39. The Kier molecular flexibility index (Phi) is 3.49. The van der Waals surface area contributed by atoms with Crippen molar-refractivity contribution in [2.75, 3.05) is 0 Å². The van der Waals surface area contributed by atoms with Crippen molar-refractivity contribution in [2.24, 2.45) is 0 Å². The number of nitrogens with zero attached hydrogens (tertiary/aromatic N) is 4. The number of aryl methyl sites for hydroxylation is 2. The summed E-state index contributed by atoms with van der Waals surface area (Å²) >= 11 is 0. The summed E-state index contributed by atoms with van der Waals surface area (Å²) < 4.78 is 0. The summed E-state index contributed by atoms with van der Waals surface area (Å²) in [5, 5.41) is 12.6. The molecule has 0 saturated carbocycles. The monoisotopic (exact) mass is 390 g/mol. The van der Waals surface area contributed by atoms with E-state index in [4.69, 9.17) is 0 Å². The van der Waals surface area contributed by atoms with E-state index in [1.54, 1.807) is 6.20 Å². The number of imidazole rings is 2. The number of benzene rings is 3. The van der Waals surface area contributed by atoms with Gasteiger partial charge in [-0.3, -0.25) is 0 Å². The fraction of sp³-hybridized carbons (Fsp3) is 0.0833. The van der Waals surface area contributed by atoms with Crippen molar-refractivity contribution < 1.29 is 0 Å². The Morgan fingerprint density at radius 1 is 0.633 bits per heavy atom. The number of hydrogen-bond donors (Lipinski definition) is 2. The van der Waals surface area contributed by atoms with E-state index >= 15 is 0 Å². The van der Waals surface area contributed by atoms with Crippen molar-refractivity contribution in [3.63, 3.8) is 0 Å². The zero-order chi connectivity index (χ0) is 20.2. The van der Waals surface area contributed by atoms with Gasteiger partial charge in [0, 0.05) is 16.2 Å². The van der Waals surface area contributed by atoms with Crippen LogP contribution in [0.2, 0.25) is 0 Å². The van der Waals surface area contributed by atoms with Crippen LogP contribution in [0.3, 0.4) is 0 Å². The zero-order valence-electron chi connectivity index (χ0n) is 16.6. The third-order valence-corrected chi connectivity index (χ3v) is 5.62. The van der Waals surface area contributed by atoms with Gasteiger partial charge < -0.3 is 9.97 Å². The molecule has 0 saturated heterocycles. The normalized spacial score (nSPS) is 11.7. The predicted molar refractivity (Wildman–Crippen MR) is 119 cm³/mol. The highest BCUT2D eigenvalue weighted by Crippen LogP contribution is 2.35. The minimum Gasteiger partial charge on any atom is -0.342 e. The summed E-state index contributed by atoms with van der Waals surface area (Å²) in [4.78, 5) is 15.7. The molecule has 30 heavy (non-hydrogen) atoms. The lowest BCUT2D eigenvalue weighted by molar-refractivity contribution is 1.05. The number of nitrogens with one attached hydrogen (secondary N) is 2. The number of aromatic amines is 2. The second-order valence-electron chi connectivity index (χ2n) is 7.58. The quantitative estimate of drug-likeness (QED) is 0.391. The molecule has 0 aliphatic carbocycles. The van der Waals surface area contributed by atoms with Crippen molar-refractivity contribution in [1.82, 2.24) is 30.1 Å². The molecule has 6 aromatic rings. The molecule has 0 aliphatic heterocycles. The van der Waals surface area contributed by atoms with E-state index < -0.39 is 0 Å². The first-order valence-corrected chi connectivity index (χ1v) is 9.82. The molecule has 2 N–H and O–H groups in total. The first kappa shape index (κ1) is 16.9. The molecule has 3 aromatic heterocycles. The summed E-state index contributed by atoms with van der Waals surface area (Å²) in [5.74, 6) is 1.81. The molecule has 0 radical (unpaired) electrons. The number of fused-ring (bicyclic) bond motifs is 6. The van der Waals surface area contributed by atoms with Crippen LogP contribution in [-0.4, -0.2) is 30.1 Å². The second kappa shape index (κ2) is 6.22. The summed E-state index contributed by atoms with van der Waals surface area (Å²) in [5.41, 5.74) is 6.45. The van der Waals surface area contributed by atoms with Crippen molar-refractivity contribution in [2.45, 2.75) is 13.8 Å². The summed E-state index contributed by atoms with van der Waals surface area (Å²) in [6.07, 6.45) is 5.49. The summed E-state index contributed by atoms with van der Waals surface area (Å²) in [6.45, 7) is 3.93. The molecule has 0 unspecified atom stereocenters. The van der Waals surface area contributed by atoms with Crippen molar-refractivity contribution in [1.29, 1.82) is 0 Å². The first-order chi connectivity index (χ1) is 14.7. The van der Waals surface area contributed by atoms with E-state index in [1.165, 1.54) is 0 Å². The Bertz CT molecular complexity index is 1560. The van der Waals surface area contributed by atoms with Crippen LogP contribution < -0.4 is 0 Å². The van der Waals surface area contributed by atoms with Crippen molar-refractivity contribution in [3.05, 3.63) is 72.7 Å². The standard InChI is InChI=1S/C24H18N6/c1-13-25-12-22(28-13)16-5-3-15(4-6-16)17-7-8-18-19(9-17)20-10-26-27-11-21(20)24-23(18)29-14(2)30-24/h3-12H,1-2H3,(H,25,28)(H,29,30). The van der Waals surface area contributed by atoms with Crippen LogP contribution in [0.4, 0.5) is 0 Å². The molecule has 6 rings (SSSR count). The van der Waals surface area contributed by atoms with Crippen LogP contribution >= 0.6 is 0 Å². The van der Waals surface area contributed by atoms with Gasteiger partial charge in [0.05, 0.1) is 35.3 Å². The van der Waals surface area contributed by atoms with Gasteiger partial charge in [-0.25, -0.2) is 9.97 Å². The van der Waals surface area contributed by atoms with Gasteiger partial charge in [0.25, 0.3) is 0 Å². The van der Waals surface area contributed by atoms with Gasteiger partial charge in [0.1, 0.15) is 11.6 Å². The second-order valence-corrected chi connectivity index (χ2v) is 7.58. The van der Waals surface area contributed by atoms with E-state index in [-0.39, 0.29) is 0 Å². The lowest BCUT2D eigenvalue weighted by Crippen LogP contribution is -1.87. The van der Waals surface area contributed by atoms with Gasteiger partial charge >= 0.3 is 0 Å². The Labute approximate surface area is 172 Å². The minimum absolute atomic E-state index is 0.893.